The second-order valence-corrected chi connectivity index (χ2v) is 6.81. The second-order valence-electron chi connectivity index (χ2n) is 5.92. The van der Waals surface area contributed by atoms with Gasteiger partial charge in [0.2, 0.25) is 0 Å². The maximum atomic E-state index is 12.4. The number of carbonyl (C=O) groups is 2. The Morgan fingerprint density at radius 2 is 0.935 bits per heavy atom. The van der Waals surface area contributed by atoms with E-state index in [2.05, 4.69) is 0 Å². The summed E-state index contributed by atoms with van der Waals surface area (Å²) in [6.45, 7) is 0. The van der Waals surface area contributed by atoms with Gasteiger partial charge in [-0.3, -0.25) is 0 Å². The molecular formula is C24H20O6Ti. The third kappa shape index (κ3) is 6.00. The van der Waals surface area contributed by atoms with Gasteiger partial charge in [-0.25, -0.2) is 0 Å². The Hall–Kier alpha value is -3.03. The Balaban J connectivity index is 0.000000807. The Kier molecular flexibility index (Phi) is 9.87. The average Bonchev–Trinajstić information content (AvgIpc) is 2.85. The van der Waals surface area contributed by atoms with Crippen LogP contribution in [-0.4, -0.2) is 26.2 Å². The van der Waals surface area contributed by atoms with Crippen LogP contribution in [0.3, 0.4) is 0 Å². The van der Waals surface area contributed by atoms with Gasteiger partial charge in [-0.05, 0) is 0 Å². The van der Waals surface area contributed by atoms with Crippen LogP contribution < -0.4 is 10.2 Å². The van der Waals surface area contributed by atoms with Crippen LogP contribution >= 0.6 is 0 Å². The molecule has 0 amide bonds. The molecule has 0 saturated heterocycles. The summed E-state index contributed by atoms with van der Waals surface area (Å²) in [6, 6.07) is 26.1. The van der Waals surface area contributed by atoms with E-state index in [1.165, 1.54) is 0 Å². The molecule has 4 rings (SSSR count). The van der Waals surface area contributed by atoms with Gasteiger partial charge >= 0.3 is 166 Å². The Labute approximate surface area is 189 Å². The molecule has 0 aliphatic carbocycles. The van der Waals surface area contributed by atoms with Crippen molar-refractivity contribution in [2.75, 3.05) is 14.2 Å². The van der Waals surface area contributed by atoms with Crippen LogP contribution in [0.15, 0.2) is 84.9 Å². The van der Waals surface area contributed by atoms with Crippen molar-refractivity contribution in [3.8, 4) is 0 Å². The van der Waals surface area contributed by atoms with Crippen molar-refractivity contribution in [1.29, 1.82) is 0 Å². The molecule has 0 aromatic heterocycles. The van der Waals surface area contributed by atoms with Gasteiger partial charge in [0.05, 0.1) is 0 Å². The normalized spacial score (nSPS) is 9.42. The fourth-order valence-electron chi connectivity index (χ4n) is 3.01. The molecule has 0 radical (unpaired) electrons. The molecule has 4 aromatic carbocycles. The Morgan fingerprint density at radius 3 is 1.35 bits per heavy atom. The summed E-state index contributed by atoms with van der Waals surface area (Å²) in [5.74, 6) is -0.949. The summed E-state index contributed by atoms with van der Waals surface area (Å²) >= 11 is -1.67. The number of hydrogen-bond acceptors (Lipinski definition) is 6. The van der Waals surface area contributed by atoms with Crippen LogP contribution in [0.1, 0.15) is 20.7 Å². The summed E-state index contributed by atoms with van der Waals surface area (Å²) in [6.07, 6.45) is 0. The molecule has 0 aliphatic rings. The predicted octanol–water partition coefficient (Wildman–Crippen LogP) is 2.87. The Morgan fingerprint density at radius 1 is 0.581 bits per heavy atom. The van der Waals surface area contributed by atoms with E-state index in [-0.39, 0.29) is 0 Å². The van der Waals surface area contributed by atoms with E-state index in [9.17, 15) is 9.59 Å². The van der Waals surface area contributed by atoms with Crippen LogP contribution in [-0.2, 0) is 26.6 Å². The van der Waals surface area contributed by atoms with Gasteiger partial charge in [0.25, 0.3) is 0 Å². The summed E-state index contributed by atoms with van der Waals surface area (Å²) in [5, 5.41) is 20.0. The molecule has 4 aromatic rings. The first-order valence-corrected chi connectivity index (χ1v) is 10.5. The van der Waals surface area contributed by atoms with E-state index < -0.39 is 31.9 Å². The summed E-state index contributed by atoms with van der Waals surface area (Å²) < 4.78 is 10.6. The first-order chi connectivity index (χ1) is 15.2. The van der Waals surface area contributed by atoms with Crippen LogP contribution in [0.4, 0.5) is 0 Å². The number of carbonyl (C=O) groups excluding carboxylic acids is 2. The van der Waals surface area contributed by atoms with E-state index in [4.69, 9.17) is 16.8 Å². The molecule has 0 aliphatic heterocycles. The van der Waals surface area contributed by atoms with Crippen molar-refractivity contribution in [2.24, 2.45) is 0 Å². The SMILES string of the molecule is C[O-].C[O-].O=C([O][Ti+2][O]C(=O)c1cccc2ccccc12)c1cccc2ccccc12. The molecule has 0 unspecified atom stereocenters. The van der Waals surface area contributed by atoms with Gasteiger partial charge in [0.15, 0.2) is 0 Å². The molecule has 0 bridgehead atoms. The van der Waals surface area contributed by atoms with Crippen LogP contribution in [0.2, 0.25) is 0 Å². The minimum atomic E-state index is -1.67. The molecule has 0 fully saturated rings. The first-order valence-electron chi connectivity index (χ1n) is 9.18. The number of rotatable bonds is 4. The predicted molar refractivity (Wildman–Crippen MR) is 111 cm³/mol. The Bertz CT molecular complexity index is 1060. The molecule has 0 heterocycles. The topological polar surface area (TPSA) is 98.7 Å². The van der Waals surface area contributed by atoms with Crippen molar-refractivity contribution in [3.05, 3.63) is 96.1 Å². The van der Waals surface area contributed by atoms with E-state index >= 15 is 0 Å². The standard InChI is InChI=1S/2C11H8O2.2CH3O.Ti/c2*12-11(13)10-7-3-5-8-4-1-2-6-9(8)10;2*1-2;/h2*1-7H,(H,12,13);2*1H3;/q;;2*-1;+4/p-2. The van der Waals surface area contributed by atoms with Crippen LogP contribution in [0.5, 0.6) is 0 Å². The van der Waals surface area contributed by atoms with Crippen molar-refractivity contribution in [3.63, 3.8) is 0 Å². The molecule has 0 saturated carbocycles. The van der Waals surface area contributed by atoms with Gasteiger partial charge in [-0.1, -0.05) is 0 Å². The summed E-state index contributed by atoms with van der Waals surface area (Å²) in [5.41, 5.74) is 0.941. The van der Waals surface area contributed by atoms with E-state index in [1.807, 2.05) is 60.7 Å². The van der Waals surface area contributed by atoms with Gasteiger partial charge in [-0.2, -0.15) is 14.2 Å². The summed E-state index contributed by atoms with van der Waals surface area (Å²) in [7, 11) is 1.50. The van der Waals surface area contributed by atoms with Crippen LogP contribution in [0.25, 0.3) is 21.5 Å². The average molecular weight is 452 g/mol. The second kappa shape index (κ2) is 12.6. The maximum absolute atomic E-state index is 12.4. The third-order valence-corrected chi connectivity index (χ3v) is 5.13. The fourth-order valence-corrected chi connectivity index (χ4v) is 3.66. The zero-order valence-corrected chi connectivity index (χ0v) is 18.6. The van der Waals surface area contributed by atoms with E-state index in [1.54, 1.807) is 24.3 Å². The van der Waals surface area contributed by atoms with Crippen LogP contribution in [0, 0.1) is 0 Å². The van der Waals surface area contributed by atoms with Crippen molar-refractivity contribution >= 4 is 33.5 Å². The monoisotopic (exact) mass is 452 g/mol. The molecular weight excluding hydrogens is 432 g/mol. The van der Waals surface area contributed by atoms with Crippen molar-refractivity contribution in [2.45, 2.75) is 0 Å². The molecule has 0 N–H and O–H groups in total. The molecule has 6 nitrogen and oxygen atoms in total. The molecule has 31 heavy (non-hydrogen) atoms. The van der Waals surface area contributed by atoms with E-state index in [0.29, 0.717) is 11.1 Å². The van der Waals surface area contributed by atoms with Gasteiger partial charge in [0, 0.05) is 0 Å². The number of fused-ring (bicyclic) bond motifs is 2. The zero-order chi connectivity index (χ0) is 22.6. The molecule has 0 atom stereocenters. The van der Waals surface area contributed by atoms with E-state index in [0.717, 1.165) is 35.8 Å². The minimum absolute atomic E-state index is 0.470. The molecule has 7 heteroatoms. The first kappa shape index (κ1) is 24.2. The van der Waals surface area contributed by atoms with Gasteiger partial charge in [0.1, 0.15) is 0 Å². The molecule has 0 spiro atoms. The number of hydrogen-bond donors (Lipinski definition) is 0. The molecule has 156 valence electrons. The van der Waals surface area contributed by atoms with Gasteiger partial charge < -0.3 is 10.2 Å². The number of benzene rings is 4. The van der Waals surface area contributed by atoms with Crippen molar-refractivity contribution < 1.29 is 46.4 Å². The van der Waals surface area contributed by atoms with Gasteiger partial charge in [-0.15, -0.1) is 0 Å². The third-order valence-electron chi connectivity index (χ3n) is 4.29. The zero-order valence-electron chi connectivity index (χ0n) is 17.0. The fraction of sp³-hybridized carbons (Fsp3) is 0.0833. The summed E-state index contributed by atoms with van der Waals surface area (Å²) in [4.78, 5) is 24.8. The van der Waals surface area contributed by atoms with Crippen molar-refractivity contribution in [1.82, 2.24) is 0 Å². The quantitative estimate of drug-likeness (QED) is 0.442.